The van der Waals surface area contributed by atoms with Gasteiger partial charge in [-0.25, -0.2) is 9.97 Å². The number of benzene rings is 1. The normalized spacial score (nSPS) is 11.0. The van der Waals surface area contributed by atoms with E-state index >= 15 is 0 Å². The molecule has 1 aromatic carbocycles. The maximum atomic E-state index is 12.8. The van der Waals surface area contributed by atoms with E-state index in [1.165, 1.54) is 11.3 Å². The molecule has 0 aliphatic carbocycles. The Labute approximate surface area is 162 Å². The highest BCUT2D eigenvalue weighted by atomic mass is 79.9. The summed E-state index contributed by atoms with van der Waals surface area (Å²) < 4.78 is 2.84. The lowest BCUT2D eigenvalue weighted by Crippen LogP contribution is -2.15. The van der Waals surface area contributed by atoms with Crippen molar-refractivity contribution in [2.24, 2.45) is 0 Å². The molecule has 4 aromatic rings. The van der Waals surface area contributed by atoms with Gasteiger partial charge in [-0.3, -0.25) is 14.5 Å². The Morgan fingerprint density at radius 3 is 2.69 bits per heavy atom. The summed E-state index contributed by atoms with van der Waals surface area (Å²) in [4.78, 5) is 21.8. The van der Waals surface area contributed by atoms with Crippen molar-refractivity contribution in [2.45, 2.75) is 13.8 Å². The van der Waals surface area contributed by atoms with Crippen molar-refractivity contribution in [3.63, 3.8) is 0 Å². The lowest BCUT2D eigenvalue weighted by atomic mass is 10.2. The van der Waals surface area contributed by atoms with Crippen LogP contribution in [0.15, 0.2) is 52.4 Å². The van der Waals surface area contributed by atoms with E-state index in [-0.39, 0.29) is 5.91 Å². The van der Waals surface area contributed by atoms with Crippen molar-refractivity contribution in [3.8, 4) is 11.3 Å². The van der Waals surface area contributed by atoms with Crippen LogP contribution in [0, 0.1) is 13.8 Å². The van der Waals surface area contributed by atoms with Crippen LogP contribution in [0.4, 0.5) is 5.13 Å². The standard InChI is InChI=1S/C19H15BrN4OS/c1-11-4-3-9-24-16(12(2)21-17(11)24)18(25)23-19-22-15(10-26-19)13-5-7-14(20)8-6-13/h3-10H,1-2H3,(H,22,23,25). The van der Waals surface area contributed by atoms with Gasteiger partial charge in [0.2, 0.25) is 0 Å². The minimum atomic E-state index is -0.211. The predicted molar refractivity (Wildman–Crippen MR) is 108 cm³/mol. The zero-order chi connectivity index (χ0) is 18.3. The van der Waals surface area contributed by atoms with Gasteiger partial charge in [0.25, 0.3) is 5.91 Å². The van der Waals surface area contributed by atoms with Crippen LogP contribution in [0.25, 0.3) is 16.9 Å². The molecule has 3 aromatic heterocycles. The van der Waals surface area contributed by atoms with E-state index < -0.39 is 0 Å². The SMILES string of the molecule is Cc1nc2c(C)cccn2c1C(=O)Nc1nc(-c2ccc(Br)cc2)cs1. The van der Waals surface area contributed by atoms with Gasteiger partial charge in [0, 0.05) is 21.6 Å². The molecule has 130 valence electrons. The first kappa shape index (κ1) is 16.9. The van der Waals surface area contributed by atoms with Gasteiger partial charge in [-0.05, 0) is 37.6 Å². The molecule has 0 saturated heterocycles. The van der Waals surface area contributed by atoms with Crippen LogP contribution < -0.4 is 5.32 Å². The molecule has 1 N–H and O–H groups in total. The average molecular weight is 427 g/mol. The van der Waals surface area contributed by atoms with Crippen molar-refractivity contribution in [1.29, 1.82) is 0 Å². The Kier molecular flexibility index (Phi) is 4.34. The molecule has 4 rings (SSSR count). The summed E-state index contributed by atoms with van der Waals surface area (Å²) in [5, 5.41) is 5.40. The van der Waals surface area contributed by atoms with Crippen molar-refractivity contribution in [2.75, 3.05) is 5.32 Å². The first-order valence-electron chi connectivity index (χ1n) is 8.00. The second kappa shape index (κ2) is 6.66. The lowest BCUT2D eigenvalue weighted by Gasteiger charge is -2.04. The third kappa shape index (κ3) is 3.04. The maximum absolute atomic E-state index is 12.8. The summed E-state index contributed by atoms with van der Waals surface area (Å²) in [5.74, 6) is -0.211. The zero-order valence-corrected chi connectivity index (χ0v) is 16.6. The van der Waals surface area contributed by atoms with E-state index in [0.29, 0.717) is 16.5 Å². The second-order valence-electron chi connectivity index (χ2n) is 5.93. The lowest BCUT2D eigenvalue weighted by molar-refractivity contribution is 0.102. The largest absolute Gasteiger partial charge is 0.296 e. The Balaban J connectivity index is 1.62. The van der Waals surface area contributed by atoms with E-state index in [9.17, 15) is 4.79 Å². The molecular weight excluding hydrogens is 412 g/mol. The minimum absolute atomic E-state index is 0.211. The summed E-state index contributed by atoms with van der Waals surface area (Å²) in [6.45, 7) is 3.82. The van der Waals surface area contributed by atoms with Gasteiger partial charge in [-0.1, -0.05) is 34.1 Å². The summed E-state index contributed by atoms with van der Waals surface area (Å²) in [6.07, 6.45) is 1.85. The monoisotopic (exact) mass is 426 g/mol. The Morgan fingerprint density at radius 2 is 1.92 bits per heavy atom. The van der Waals surface area contributed by atoms with E-state index in [1.54, 1.807) is 0 Å². The van der Waals surface area contributed by atoms with Crippen LogP contribution in [0.1, 0.15) is 21.7 Å². The van der Waals surface area contributed by atoms with E-state index in [1.807, 2.05) is 66.2 Å². The summed E-state index contributed by atoms with van der Waals surface area (Å²) in [5.41, 5.74) is 4.90. The third-order valence-corrected chi connectivity index (χ3v) is 5.39. The maximum Gasteiger partial charge on any atom is 0.276 e. The number of nitrogens with one attached hydrogen (secondary N) is 1. The highest BCUT2D eigenvalue weighted by Gasteiger charge is 2.18. The van der Waals surface area contributed by atoms with E-state index in [2.05, 4.69) is 31.2 Å². The second-order valence-corrected chi connectivity index (χ2v) is 7.70. The van der Waals surface area contributed by atoms with Crippen molar-refractivity contribution >= 4 is 44.0 Å². The molecule has 0 aliphatic rings. The topological polar surface area (TPSA) is 59.3 Å². The average Bonchev–Trinajstić information content (AvgIpc) is 3.20. The van der Waals surface area contributed by atoms with Crippen LogP contribution >= 0.6 is 27.3 Å². The number of imidazole rings is 1. The number of fused-ring (bicyclic) bond motifs is 1. The molecule has 26 heavy (non-hydrogen) atoms. The van der Waals surface area contributed by atoms with Crippen LogP contribution in [0.3, 0.4) is 0 Å². The molecule has 0 spiro atoms. The molecular formula is C19H15BrN4OS. The highest BCUT2D eigenvalue weighted by Crippen LogP contribution is 2.26. The Morgan fingerprint density at radius 1 is 1.15 bits per heavy atom. The van der Waals surface area contributed by atoms with Crippen molar-refractivity contribution in [3.05, 3.63) is 69.4 Å². The van der Waals surface area contributed by atoms with Crippen molar-refractivity contribution < 1.29 is 4.79 Å². The molecule has 0 fully saturated rings. The van der Waals surface area contributed by atoms with Gasteiger partial charge in [0.15, 0.2) is 5.13 Å². The molecule has 5 nitrogen and oxygen atoms in total. The molecule has 0 saturated carbocycles. The van der Waals surface area contributed by atoms with Gasteiger partial charge < -0.3 is 0 Å². The first-order valence-corrected chi connectivity index (χ1v) is 9.67. The Bertz CT molecular complexity index is 1110. The number of aromatic nitrogens is 3. The van der Waals surface area contributed by atoms with Gasteiger partial charge in [0.05, 0.1) is 11.4 Å². The molecule has 0 unspecified atom stereocenters. The fourth-order valence-corrected chi connectivity index (χ4v) is 3.81. The number of rotatable bonds is 3. The first-order chi connectivity index (χ1) is 12.5. The molecule has 0 bridgehead atoms. The highest BCUT2D eigenvalue weighted by molar-refractivity contribution is 9.10. The fourth-order valence-electron chi connectivity index (χ4n) is 2.83. The number of hydrogen-bond donors (Lipinski definition) is 1. The van der Waals surface area contributed by atoms with Crippen LogP contribution in [-0.4, -0.2) is 20.3 Å². The fraction of sp³-hybridized carbons (Fsp3) is 0.105. The number of hydrogen-bond acceptors (Lipinski definition) is 4. The predicted octanol–water partition coefficient (Wildman–Crippen LogP) is 5.09. The van der Waals surface area contributed by atoms with E-state index in [0.717, 1.165) is 26.9 Å². The summed E-state index contributed by atoms with van der Waals surface area (Å²) in [6, 6.07) is 11.8. The third-order valence-electron chi connectivity index (χ3n) is 4.10. The summed E-state index contributed by atoms with van der Waals surface area (Å²) >= 11 is 4.83. The number of nitrogens with zero attached hydrogens (tertiary/aromatic N) is 3. The quantitative estimate of drug-likeness (QED) is 0.496. The van der Waals surface area contributed by atoms with Crippen molar-refractivity contribution in [1.82, 2.24) is 14.4 Å². The van der Waals surface area contributed by atoms with Crippen LogP contribution in [0.2, 0.25) is 0 Å². The molecule has 0 radical (unpaired) electrons. The minimum Gasteiger partial charge on any atom is -0.296 e. The van der Waals surface area contributed by atoms with Gasteiger partial charge >= 0.3 is 0 Å². The number of thiazole rings is 1. The molecule has 1 amide bonds. The molecule has 7 heteroatoms. The van der Waals surface area contributed by atoms with Crippen LogP contribution in [0.5, 0.6) is 0 Å². The van der Waals surface area contributed by atoms with Gasteiger partial charge in [-0.2, -0.15) is 0 Å². The molecule has 3 heterocycles. The van der Waals surface area contributed by atoms with E-state index in [4.69, 9.17) is 0 Å². The van der Waals surface area contributed by atoms with Crippen LogP contribution in [-0.2, 0) is 0 Å². The van der Waals surface area contributed by atoms with Gasteiger partial charge in [0.1, 0.15) is 11.3 Å². The molecule has 0 aliphatic heterocycles. The zero-order valence-electron chi connectivity index (χ0n) is 14.2. The summed E-state index contributed by atoms with van der Waals surface area (Å²) in [7, 11) is 0. The number of halogens is 1. The number of amides is 1. The number of pyridine rings is 1. The van der Waals surface area contributed by atoms with Gasteiger partial charge in [-0.15, -0.1) is 11.3 Å². The Hall–Kier alpha value is -2.51. The number of carbonyl (C=O) groups is 1. The number of aryl methyl sites for hydroxylation is 2. The smallest absolute Gasteiger partial charge is 0.276 e. The number of carbonyl (C=O) groups excluding carboxylic acids is 1. The number of anilines is 1. The molecule has 0 atom stereocenters.